The molecule has 1 rings (SSSR count). The van der Waals surface area contributed by atoms with Crippen molar-refractivity contribution in [3.63, 3.8) is 0 Å². The maximum absolute atomic E-state index is 11.1. The zero-order valence-electron chi connectivity index (χ0n) is 9.12. The number of hydrogen-bond donors (Lipinski definition) is 2. The second-order valence-corrected chi connectivity index (χ2v) is 3.73. The molecule has 0 radical (unpaired) electrons. The predicted octanol–water partition coefficient (Wildman–Crippen LogP) is 2.23. The van der Waals surface area contributed by atoms with Crippen LogP contribution >= 0.6 is 11.6 Å². The van der Waals surface area contributed by atoms with Crippen LogP contribution in [-0.2, 0) is 0 Å². The Labute approximate surface area is 98.8 Å². The van der Waals surface area contributed by atoms with Crippen molar-refractivity contribution in [3.05, 3.63) is 28.8 Å². The van der Waals surface area contributed by atoms with Gasteiger partial charge in [0.1, 0.15) is 5.84 Å². The molecule has 86 valence electrons. The van der Waals surface area contributed by atoms with Crippen molar-refractivity contribution >= 4 is 29.1 Å². The Bertz CT molecular complexity index is 456. The first-order valence-electron chi connectivity index (χ1n) is 4.70. The summed E-state index contributed by atoms with van der Waals surface area (Å²) in [5.41, 5.74) is 7.48. The van der Waals surface area contributed by atoms with Gasteiger partial charge in [-0.25, -0.2) is 9.79 Å². The number of alkyl halides is 1. The van der Waals surface area contributed by atoms with Gasteiger partial charge < -0.3 is 10.8 Å². The molecule has 0 saturated carbocycles. The van der Waals surface area contributed by atoms with Crippen molar-refractivity contribution < 1.29 is 9.90 Å². The summed E-state index contributed by atoms with van der Waals surface area (Å²) in [6.45, 7) is 3.50. The van der Waals surface area contributed by atoms with Crippen molar-refractivity contribution in [2.24, 2.45) is 10.7 Å². The third-order valence-electron chi connectivity index (χ3n) is 2.19. The maximum atomic E-state index is 11.1. The zero-order chi connectivity index (χ0) is 12.3. The highest BCUT2D eigenvalue weighted by molar-refractivity contribution is 6.28. The Kier molecular flexibility index (Phi) is 3.90. The van der Waals surface area contributed by atoms with Crippen LogP contribution in [0.25, 0.3) is 0 Å². The van der Waals surface area contributed by atoms with E-state index in [0.717, 1.165) is 5.56 Å². The van der Waals surface area contributed by atoms with Crippen LogP contribution in [0.5, 0.6) is 0 Å². The van der Waals surface area contributed by atoms with Gasteiger partial charge in [-0.3, -0.25) is 0 Å². The van der Waals surface area contributed by atoms with E-state index in [1.54, 1.807) is 19.9 Å². The first-order chi connectivity index (χ1) is 7.47. The normalized spacial score (nSPS) is 11.6. The number of aliphatic imine (C=N–C) groups is 1. The van der Waals surface area contributed by atoms with Gasteiger partial charge in [0, 0.05) is 0 Å². The number of nitrogens with two attached hydrogens (primary N) is 1. The number of nitrogens with zero attached hydrogens (tertiary/aromatic N) is 1. The van der Waals surface area contributed by atoms with Gasteiger partial charge in [0.05, 0.1) is 17.1 Å². The second kappa shape index (κ2) is 4.99. The average molecular weight is 241 g/mol. The highest BCUT2D eigenvalue weighted by atomic mass is 35.5. The fraction of sp³-hybridized carbons (Fsp3) is 0.273. The van der Waals surface area contributed by atoms with E-state index < -0.39 is 5.97 Å². The molecule has 0 unspecified atom stereocenters. The number of aromatic carboxylic acids is 1. The van der Waals surface area contributed by atoms with E-state index in [-0.39, 0.29) is 17.3 Å². The van der Waals surface area contributed by atoms with E-state index in [1.807, 2.05) is 6.07 Å². The molecule has 3 N–H and O–H groups in total. The minimum Gasteiger partial charge on any atom is -0.478 e. The van der Waals surface area contributed by atoms with E-state index in [4.69, 9.17) is 22.4 Å². The van der Waals surface area contributed by atoms with Gasteiger partial charge in [-0.2, -0.15) is 0 Å². The molecule has 1 aromatic carbocycles. The molecule has 0 amide bonds. The van der Waals surface area contributed by atoms with Gasteiger partial charge in [-0.15, -0.1) is 11.6 Å². The lowest BCUT2D eigenvalue weighted by Crippen LogP contribution is -2.13. The van der Waals surface area contributed by atoms with Crippen LogP contribution in [-0.4, -0.2) is 22.8 Å². The first kappa shape index (κ1) is 12.5. The molecule has 1 aromatic rings. The minimum atomic E-state index is -1.01. The third-order valence-corrected chi connectivity index (χ3v) is 2.47. The lowest BCUT2D eigenvalue weighted by Gasteiger charge is -2.08. The maximum Gasteiger partial charge on any atom is 0.338 e. The number of halogens is 1. The van der Waals surface area contributed by atoms with Crippen molar-refractivity contribution in [1.82, 2.24) is 0 Å². The fourth-order valence-corrected chi connectivity index (χ4v) is 1.44. The summed E-state index contributed by atoms with van der Waals surface area (Å²) in [4.78, 5) is 15.2. The SMILES string of the molecule is Cc1ccc(C)c(C(=O)O)c1N=C(N)CCl. The van der Waals surface area contributed by atoms with E-state index in [1.165, 1.54) is 0 Å². The van der Waals surface area contributed by atoms with Gasteiger partial charge in [0.15, 0.2) is 0 Å². The van der Waals surface area contributed by atoms with Gasteiger partial charge in [0.25, 0.3) is 0 Å². The molecule has 0 aromatic heterocycles. The van der Waals surface area contributed by atoms with E-state index in [9.17, 15) is 4.79 Å². The van der Waals surface area contributed by atoms with Crippen LogP contribution < -0.4 is 5.73 Å². The predicted molar refractivity (Wildman–Crippen MR) is 64.9 cm³/mol. The van der Waals surface area contributed by atoms with E-state index in [2.05, 4.69) is 4.99 Å². The molecule has 4 nitrogen and oxygen atoms in total. The number of benzene rings is 1. The molecule has 0 saturated heterocycles. The Hall–Kier alpha value is -1.55. The van der Waals surface area contributed by atoms with Gasteiger partial charge in [-0.05, 0) is 25.0 Å². The van der Waals surface area contributed by atoms with Crippen LogP contribution in [0.1, 0.15) is 21.5 Å². The standard InChI is InChI=1S/C11H13ClN2O2/c1-6-3-4-7(2)10(9(6)11(15)16)14-8(13)5-12/h3-4H,5H2,1-2H3,(H2,13,14)(H,15,16). The Morgan fingerprint density at radius 3 is 2.50 bits per heavy atom. The molecule has 0 aliphatic heterocycles. The average Bonchev–Trinajstić information content (AvgIpc) is 2.22. The second-order valence-electron chi connectivity index (χ2n) is 3.46. The summed E-state index contributed by atoms with van der Waals surface area (Å²) in [5, 5.41) is 9.11. The molecule has 0 bridgehead atoms. The van der Waals surface area contributed by atoms with Crippen LogP contribution in [0.3, 0.4) is 0 Å². The van der Waals surface area contributed by atoms with Gasteiger partial charge >= 0.3 is 5.97 Å². The number of rotatable bonds is 3. The molecule has 0 spiro atoms. The fourth-order valence-electron chi connectivity index (χ4n) is 1.38. The van der Waals surface area contributed by atoms with Crippen LogP contribution in [0, 0.1) is 13.8 Å². The molecular formula is C11H13ClN2O2. The van der Waals surface area contributed by atoms with Gasteiger partial charge in [0.2, 0.25) is 0 Å². The van der Waals surface area contributed by atoms with Crippen molar-refractivity contribution in [2.75, 3.05) is 5.88 Å². The number of carboxylic acid groups (broad SMARTS) is 1. The smallest absolute Gasteiger partial charge is 0.338 e. The number of carbonyl (C=O) groups is 1. The van der Waals surface area contributed by atoms with Crippen molar-refractivity contribution in [2.45, 2.75) is 13.8 Å². The summed E-state index contributed by atoms with van der Waals surface area (Å²) in [6.07, 6.45) is 0. The highest BCUT2D eigenvalue weighted by Gasteiger charge is 2.15. The summed E-state index contributed by atoms with van der Waals surface area (Å²) in [5.74, 6) is -0.730. The summed E-state index contributed by atoms with van der Waals surface area (Å²) >= 11 is 5.52. The Balaban J connectivity index is 3.46. The molecule has 0 atom stereocenters. The Morgan fingerprint density at radius 1 is 1.44 bits per heavy atom. The number of hydrogen-bond acceptors (Lipinski definition) is 2. The summed E-state index contributed by atoms with van der Waals surface area (Å²) in [7, 11) is 0. The molecule has 0 aliphatic rings. The first-order valence-corrected chi connectivity index (χ1v) is 5.23. The third kappa shape index (κ3) is 2.52. The van der Waals surface area contributed by atoms with Crippen LogP contribution in [0.4, 0.5) is 5.69 Å². The van der Waals surface area contributed by atoms with Crippen molar-refractivity contribution in [1.29, 1.82) is 0 Å². The van der Waals surface area contributed by atoms with Crippen LogP contribution in [0.15, 0.2) is 17.1 Å². The lowest BCUT2D eigenvalue weighted by molar-refractivity contribution is 0.0697. The summed E-state index contributed by atoms with van der Waals surface area (Å²) < 4.78 is 0. The molecule has 0 fully saturated rings. The minimum absolute atomic E-state index is 0.0758. The van der Waals surface area contributed by atoms with E-state index >= 15 is 0 Å². The quantitative estimate of drug-likeness (QED) is 0.483. The van der Waals surface area contributed by atoms with E-state index in [0.29, 0.717) is 11.3 Å². The molecule has 5 heteroatoms. The largest absolute Gasteiger partial charge is 0.478 e. The van der Waals surface area contributed by atoms with Crippen molar-refractivity contribution in [3.8, 4) is 0 Å². The Morgan fingerprint density at radius 2 is 2.00 bits per heavy atom. The monoisotopic (exact) mass is 240 g/mol. The van der Waals surface area contributed by atoms with Crippen LogP contribution in [0.2, 0.25) is 0 Å². The number of aryl methyl sites for hydroxylation is 2. The number of amidine groups is 1. The molecule has 0 heterocycles. The zero-order valence-corrected chi connectivity index (χ0v) is 9.88. The molecule has 0 aliphatic carbocycles. The topological polar surface area (TPSA) is 75.7 Å². The number of carboxylic acids is 1. The highest BCUT2D eigenvalue weighted by Crippen LogP contribution is 2.27. The van der Waals surface area contributed by atoms with Gasteiger partial charge in [-0.1, -0.05) is 12.1 Å². The lowest BCUT2D eigenvalue weighted by atomic mass is 10.0. The molecular weight excluding hydrogens is 228 g/mol. The molecule has 16 heavy (non-hydrogen) atoms. The summed E-state index contributed by atoms with van der Waals surface area (Å²) in [6, 6.07) is 3.55.